The maximum Gasteiger partial charge on any atom is 0.335 e. The molecule has 1 saturated heterocycles. The average molecular weight is 481 g/mol. The van der Waals surface area contributed by atoms with Gasteiger partial charge in [0.2, 0.25) is 0 Å². The number of barbiturate groups is 1. The van der Waals surface area contributed by atoms with Crippen LogP contribution in [0.5, 0.6) is 11.5 Å². The van der Waals surface area contributed by atoms with E-state index in [1.54, 1.807) is 42.5 Å². The number of nitrogens with one attached hydrogen (secondary N) is 1. The molecule has 0 saturated carbocycles. The van der Waals surface area contributed by atoms with E-state index in [1.807, 2.05) is 0 Å². The molecule has 1 heterocycles. The van der Waals surface area contributed by atoms with Gasteiger partial charge in [-0.15, -0.1) is 0 Å². The molecule has 0 atom stereocenters. The van der Waals surface area contributed by atoms with Crippen LogP contribution in [0.25, 0.3) is 6.08 Å². The predicted molar refractivity (Wildman–Crippen MR) is 124 cm³/mol. The molecule has 0 aliphatic carbocycles. The molecule has 0 aromatic heterocycles. The summed E-state index contributed by atoms with van der Waals surface area (Å²) in [6.07, 6.45) is 1.33. The van der Waals surface area contributed by atoms with Crippen LogP contribution in [-0.2, 0) is 16.2 Å². The van der Waals surface area contributed by atoms with Crippen LogP contribution in [0, 0.1) is 5.82 Å². The van der Waals surface area contributed by atoms with Gasteiger partial charge in [0.25, 0.3) is 11.8 Å². The summed E-state index contributed by atoms with van der Waals surface area (Å²) in [6.45, 7) is 0.108. The normalized spacial score (nSPS) is 14.9. The van der Waals surface area contributed by atoms with Crippen molar-refractivity contribution in [3.63, 3.8) is 0 Å². The summed E-state index contributed by atoms with van der Waals surface area (Å²) in [4.78, 5) is 38.9. The first kappa shape index (κ1) is 23.0. The first-order chi connectivity index (χ1) is 16.4. The lowest BCUT2D eigenvalue weighted by Gasteiger charge is -2.26. The van der Waals surface area contributed by atoms with Gasteiger partial charge in [-0.25, -0.2) is 14.1 Å². The number of carbonyl (C=O) groups excluding carboxylic acids is 3. The van der Waals surface area contributed by atoms with Gasteiger partial charge < -0.3 is 9.47 Å². The molecule has 4 amide bonds. The Morgan fingerprint density at radius 3 is 2.50 bits per heavy atom. The van der Waals surface area contributed by atoms with Gasteiger partial charge in [0.1, 0.15) is 29.5 Å². The topological polar surface area (TPSA) is 84.9 Å². The van der Waals surface area contributed by atoms with E-state index in [2.05, 4.69) is 5.32 Å². The number of methoxy groups -OCH3 is 1. The number of imide groups is 2. The fourth-order valence-corrected chi connectivity index (χ4v) is 3.47. The van der Waals surface area contributed by atoms with Crippen molar-refractivity contribution in [2.45, 2.75) is 6.61 Å². The molecule has 1 aliphatic rings. The Kier molecular flexibility index (Phi) is 6.60. The summed E-state index contributed by atoms with van der Waals surface area (Å²) in [7, 11) is 1.49. The van der Waals surface area contributed by atoms with Crippen LogP contribution in [-0.4, -0.2) is 25.0 Å². The molecule has 0 unspecified atom stereocenters. The van der Waals surface area contributed by atoms with Crippen molar-refractivity contribution in [2.24, 2.45) is 0 Å². The van der Waals surface area contributed by atoms with Crippen molar-refractivity contribution in [1.29, 1.82) is 0 Å². The fraction of sp³-hybridized carbons (Fsp3) is 0.0800. The van der Waals surface area contributed by atoms with Crippen LogP contribution < -0.4 is 19.7 Å². The highest BCUT2D eigenvalue weighted by molar-refractivity contribution is 6.39. The van der Waals surface area contributed by atoms with Gasteiger partial charge in [-0.2, -0.15) is 0 Å². The smallest absolute Gasteiger partial charge is 0.335 e. The van der Waals surface area contributed by atoms with Crippen molar-refractivity contribution >= 4 is 41.2 Å². The van der Waals surface area contributed by atoms with Crippen LogP contribution in [0.15, 0.2) is 72.3 Å². The number of nitrogens with zero attached hydrogens (tertiary/aromatic N) is 1. The van der Waals surface area contributed by atoms with Crippen molar-refractivity contribution < 1.29 is 28.2 Å². The highest BCUT2D eigenvalue weighted by Crippen LogP contribution is 2.30. The van der Waals surface area contributed by atoms with Crippen LogP contribution in [0.3, 0.4) is 0 Å². The third-order valence-corrected chi connectivity index (χ3v) is 5.23. The van der Waals surface area contributed by atoms with Gasteiger partial charge in [0.05, 0.1) is 12.8 Å². The van der Waals surface area contributed by atoms with E-state index in [1.165, 1.54) is 37.5 Å². The number of carbonyl (C=O) groups is 3. The number of benzene rings is 3. The van der Waals surface area contributed by atoms with E-state index in [0.717, 1.165) is 4.90 Å². The first-order valence-corrected chi connectivity index (χ1v) is 10.5. The zero-order chi connectivity index (χ0) is 24.2. The van der Waals surface area contributed by atoms with Gasteiger partial charge in [-0.1, -0.05) is 29.8 Å². The number of anilines is 1. The predicted octanol–water partition coefficient (Wildman–Crippen LogP) is 4.73. The van der Waals surface area contributed by atoms with Gasteiger partial charge in [0, 0.05) is 16.7 Å². The van der Waals surface area contributed by atoms with Crippen LogP contribution in [0.4, 0.5) is 14.9 Å². The monoisotopic (exact) mass is 480 g/mol. The minimum Gasteiger partial charge on any atom is -0.497 e. The lowest BCUT2D eigenvalue weighted by molar-refractivity contribution is -0.122. The minimum atomic E-state index is -0.878. The zero-order valence-electron chi connectivity index (χ0n) is 17.9. The van der Waals surface area contributed by atoms with Crippen LogP contribution in [0.1, 0.15) is 11.1 Å². The lowest BCUT2D eigenvalue weighted by atomic mass is 10.1. The Morgan fingerprint density at radius 2 is 1.79 bits per heavy atom. The van der Waals surface area contributed by atoms with E-state index < -0.39 is 17.8 Å². The highest BCUT2D eigenvalue weighted by Gasteiger charge is 2.37. The summed E-state index contributed by atoms with van der Waals surface area (Å²) >= 11 is 6.00. The van der Waals surface area contributed by atoms with Crippen molar-refractivity contribution in [1.82, 2.24) is 5.32 Å². The summed E-state index contributed by atoms with van der Waals surface area (Å²) < 4.78 is 24.3. The molecule has 3 aromatic rings. The van der Waals surface area contributed by atoms with Crippen molar-refractivity contribution in [3.05, 3.63) is 94.3 Å². The lowest BCUT2D eigenvalue weighted by Crippen LogP contribution is -2.54. The van der Waals surface area contributed by atoms with E-state index >= 15 is 0 Å². The summed E-state index contributed by atoms with van der Waals surface area (Å²) in [5, 5.41) is 2.49. The van der Waals surface area contributed by atoms with Crippen LogP contribution in [0.2, 0.25) is 5.02 Å². The standard InChI is InChI=1S/C25H18ClFN2O5/c1-33-20-10-7-16(22(13-20)34-14-15-5-8-18(27)9-6-15)11-21-23(30)28-25(32)29(24(21)31)19-4-2-3-17(26)12-19/h2-13H,14H2,1H3,(H,28,30,32)/b21-11+. The molecule has 1 aliphatic heterocycles. The van der Waals surface area contributed by atoms with E-state index in [0.29, 0.717) is 27.6 Å². The van der Waals surface area contributed by atoms with E-state index in [9.17, 15) is 18.8 Å². The fourth-order valence-electron chi connectivity index (χ4n) is 3.29. The SMILES string of the molecule is COc1ccc(/C=C2\C(=O)NC(=O)N(c3cccc(Cl)c3)C2=O)c(OCc2ccc(F)cc2)c1. The molecule has 9 heteroatoms. The Bertz CT molecular complexity index is 1310. The van der Waals surface area contributed by atoms with Gasteiger partial charge in [-0.3, -0.25) is 14.9 Å². The maximum atomic E-state index is 13.2. The summed E-state index contributed by atoms with van der Waals surface area (Å²) in [5.74, 6) is -1.20. The molecule has 34 heavy (non-hydrogen) atoms. The highest BCUT2D eigenvalue weighted by atomic mass is 35.5. The second kappa shape index (κ2) is 9.76. The molecule has 3 aromatic carbocycles. The Morgan fingerprint density at radius 1 is 1.03 bits per heavy atom. The number of hydrogen-bond donors (Lipinski definition) is 1. The number of halogens is 2. The number of ether oxygens (including phenoxy) is 2. The minimum absolute atomic E-state index is 0.108. The Hall–Kier alpha value is -4.17. The van der Waals surface area contributed by atoms with E-state index in [-0.39, 0.29) is 23.7 Å². The second-order valence-corrected chi connectivity index (χ2v) is 7.69. The molecule has 1 fully saturated rings. The van der Waals surface area contributed by atoms with Gasteiger partial charge >= 0.3 is 6.03 Å². The first-order valence-electron chi connectivity index (χ1n) is 10.1. The summed E-state index contributed by atoms with van der Waals surface area (Å²) in [5.41, 5.74) is 1.07. The molecular weight excluding hydrogens is 463 g/mol. The Balaban J connectivity index is 1.68. The third-order valence-electron chi connectivity index (χ3n) is 5.00. The number of amides is 4. The maximum absolute atomic E-state index is 13.2. The van der Waals surface area contributed by atoms with Gasteiger partial charge in [-0.05, 0) is 54.1 Å². The molecular formula is C25H18ClFN2O5. The Labute approximate surface area is 199 Å². The third kappa shape index (κ3) is 4.92. The van der Waals surface area contributed by atoms with E-state index in [4.69, 9.17) is 21.1 Å². The molecule has 0 radical (unpaired) electrons. The number of hydrogen-bond acceptors (Lipinski definition) is 5. The molecule has 1 N–H and O–H groups in total. The molecule has 4 rings (SSSR count). The molecule has 0 bridgehead atoms. The zero-order valence-corrected chi connectivity index (χ0v) is 18.6. The van der Waals surface area contributed by atoms with Crippen molar-refractivity contribution in [3.8, 4) is 11.5 Å². The number of rotatable bonds is 6. The van der Waals surface area contributed by atoms with Crippen molar-refractivity contribution in [2.75, 3.05) is 12.0 Å². The molecule has 7 nitrogen and oxygen atoms in total. The number of urea groups is 1. The largest absolute Gasteiger partial charge is 0.497 e. The quantitative estimate of drug-likeness (QED) is 0.407. The average Bonchev–Trinajstić information content (AvgIpc) is 2.81. The second-order valence-electron chi connectivity index (χ2n) is 7.26. The van der Waals surface area contributed by atoms with Gasteiger partial charge in [0.15, 0.2) is 0 Å². The van der Waals surface area contributed by atoms with Crippen LogP contribution >= 0.6 is 11.6 Å². The summed E-state index contributed by atoms with van der Waals surface area (Å²) in [6, 6.07) is 15.9. The molecule has 172 valence electrons. The molecule has 0 spiro atoms.